The maximum Gasteiger partial charge on any atom is 0.269 e. The second kappa shape index (κ2) is 6.30. The minimum atomic E-state index is -0.420. The van der Waals surface area contributed by atoms with Gasteiger partial charge in [0, 0.05) is 28.5 Å². The van der Waals surface area contributed by atoms with E-state index >= 15 is 0 Å². The van der Waals surface area contributed by atoms with Crippen LogP contribution in [0, 0.1) is 10.1 Å². The lowest BCUT2D eigenvalue weighted by atomic mass is 10.1. The van der Waals surface area contributed by atoms with Crippen LogP contribution < -0.4 is 0 Å². The van der Waals surface area contributed by atoms with Gasteiger partial charge in [-0.2, -0.15) is 9.78 Å². The molecule has 2 aromatic carbocycles. The van der Waals surface area contributed by atoms with Crippen molar-refractivity contribution in [3.8, 4) is 11.4 Å². The predicted octanol–water partition coefficient (Wildman–Crippen LogP) is 3.86. The van der Waals surface area contributed by atoms with Crippen LogP contribution in [0.15, 0.2) is 58.8 Å². The number of thioether (sulfide) groups is 1. The topological polar surface area (TPSA) is 86.2 Å². The Kier molecular flexibility index (Phi) is 3.98. The molecule has 0 radical (unpaired) electrons. The summed E-state index contributed by atoms with van der Waals surface area (Å²) in [6.07, 6.45) is 0. The SMILES string of the molecule is O=[N+]([O-])c1ccc(C2=Nn3c(nnc3-c3cccc(Cl)c3)SC2)cc1. The van der Waals surface area contributed by atoms with Crippen molar-refractivity contribution < 1.29 is 4.92 Å². The van der Waals surface area contributed by atoms with Crippen LogP contribution in [0.4, 0.5) is 5.69 Å². The molecule has 4 rings (SSSR count). The van der Waals surface area contributed by atoms with Gasteiger partial charge in [0.1, 0.15) is 0 Å². The number of fused-ring (bicyclic) bond motifs is 1. The molecule has 1 aliphatic rings. The smallest absolute Gasteiger partial charge is 0.258 e. The van der Waals surface area contributed by atoms with E-state index in [0.717, 1.165) is 16.8 Å². The molecule has 0 amide bonds. The molecule has 25 heavy (non-hydrogen) atoms. The highest BCUT2D eigenvalue weighted by molar-refractivity contribution is 7.99. The summed E-state index contributed by atoms with van der Waals surface area (Å²) < 4.78 is 1.68. The van der Waals surface area contributed by atoms with Crippen molar-refractivity contribution >= 4 is 34.8 Å². The summed E-state index contributed by atoms with van der Waals surface area (Å²) in [4.78, 5) is 10.4. The van der Waals surface area contributed by atoms with E-state index in [9.17, 15) is 10.1 Å². The third-order valence-corrected chi connectivity index (χ3v) is 4.83. The van der Waals surface area contributed by atoms with E-state index in [-0.39, 0.29) is 5.69 Å². The third-order valence-electron chi connectivity index (χ3n) is 3.66. The molecule has 7 nitrogen and oxygen atoms in total. The summed E-state index contributed by atoms with van der Waals surface area (Å²) >= 11 is 7.57. The molecular weight excluding hydrogens is 362 g/mol. The van der Waals surface area contributed by atoms with Crippen LogP contribution >= 0.6 is 23.4 Å². The lowest BCUT2D eigenvalue weighted by Gasteiger charge is -2.13. The molecule has 0 unspecified atom stereocenters. The largest absolute Gasteiger partial charge is 0.269 e. The second-order valence-corrected chi connectivity index (χ2v) is 6.65. The number of nitrogens with zero attached hydrogens (tertiary/aromatic N) is 5. The summed E-state index contributed by atoms with van der Waals surface area (Å²) in [6, 6.07) is 13.7. The Morgan fingerprint density at radius 1 is 1.12 bits per heavy atom. The van der Waals surface area contributed by atoms with Crippen LogP contribution in [0.3, 0.4) is 0 Å². The van der Waals surface area contributed by atoms with Crippen molar-refractivity contribution in [1.29, 1.82) is 0 Å². The van der Waals surface area contributed by atoms with Gasteiger partial charge in [-0.15, -0.1) is 10.2 Å². The molecule has 1 aliphatic heterocycles. The quantitative estimate of drug-likeness (QED) is 0.515. The van der Waals surface area contributed by atoms with Gasteiger partial charge < -0.3 is 0 Å². The zero-order chi connectivity index (χ0) is 17.4. The van der Waals surface area contributed by atoms with E-state index < -0.39 is 4.92 Å². The Bertz CT molecular complexity index is 1000. The standard InChI is InChI=1S/C16H10ClN5O2S/c17-12-3-1-2-11(8-12)15-18-19-16-21(15)20-14(9-25-16)10-4-6-13(7-5-10)22(23)24/h1-8H,9H2. The molecule has 9 heteroatoms. The van der Waals surface area contributed by atoms with Crippen molar-refractivity contribution in [3.63, 3.8) is 0 Å². The first kappa shape index (κ1) is 15.8. The van der Waals surface area contributed by atoms with Crippen LogP contribution in [-0.2, 0) is 0 Å². The van der Waals surface area contributed by atoms with Crippen molar-refractivity contribution in [1.82, 2.24) is 14.9 Å². The van der Waals surface area contributed by atoms with E-state index in [0.29, 0.717) is 21.8 Å². The van der Waals surface area contributed by atoms with Crippen LogP contribution in [0.5, 0.6) is 0 Å². The van der Waals surface area contributed by atoms with E-state index in [1.54, 1.807) is 28.9 Å². The summed E-state index contributed by atoms with van der Waals surface area (Å²) in [7, 11) is 0. The van der Waals surface area contributed by atoms with Crippen molar-refractivity contribution in [2.75, 3.05) is 5.75 Å². The normalized spacial score (nSPS) is 13.2. The molecular formula is C16H10ClN5O2S. The van der Waals surface area contributed by atoms with Gasteiger partial charge in [-0.25, -0.2) is 0 Å². The molecule has 0 fully saturated rings. The number of nitro benzene ring substituents is 1. The van der Waals surface area contributed by atoms with Gasteiger partial charge in [-0.3, -0.25) is 10.1 Å². The Morgan fingerprint density at radius 3 is 2.64 bits per heavy atom. The summed E-state index contributed by atoms with van der Waals surface area (Å²) in [5.41, 5.74) is 2.50. The molecule has 0 spiro atoms. The maximum absolute atomic E-state index is 10.8. The van der Waals surface area contributed by atoms with Crippen molar-refractivity contribution in [3.05, 3.63) is 69.2 Å². The summed E-state index contributed by atoms with van der Waals surface area (Å²) in [5, 5.41) is 25.1. The number of nitro groups is 1. The zero-order valence-corrected chi connectivity index (χ0v) is 14.2. The van der Waals surface area contributed by atoms with E-state index in [4.69, 9.17) is 11.6 Å². The Balaban J connectivity index is 1.74. The lowest BCUT2D eigenvalue weighted by molar-refractivity contribution is -0.384. The van der Waals surface area contributed by atoms with Crippen molar-refractivity contribution in [2.24, 2.45) is 5.10 Å². The van der Waals surface area contributed by atoms with Gasteiger partial charge in [0.2, 0.25) is 5.16 Å². The van der Waals surface area contributed by atoms with Gasteiger partial charge >= 0.3 is 0 Å². The minimum Gasteiger partial charge on any atom is -0.258 e. The van der Waals surface area contributed by atoms with Gasteiger partial charge in [0.25, 0.3) is 5.69 Å². The van der Waals surface area contributed by atoms with Crippen LogP contribution in [0.25, 0.3) is 11.4 Å². The van der Waals surface area contributed by atoms with E-state index in [1.807, 2.05) is 12.1 Å². The number of hydrogen-bond donors (Lipinski definition) is 0. The molecule has 0 saturated heterocycles. The monoisotopic (exact) mass is 371 g/mol. The minimum absolute atomic E-state index is 0.0532. The fraction of sp³-hybridized carbons (Fsp3) is 0.0625. The Labute approximate surface area is 151 Å². The fourth-order valence-corrected chi connectivity index (χ4v) is 3.48. The Morgan fingerprint density at radius 2 is 1.92 bits per heavy atom. The lowest BCUT2D eigenvalue weighted by Crippen LogP contribution is -2.13. The molecule has 3 aromatic rings. The van der Waals surface area contributed by atoms with E-state index in [2.05, 4.69) is 15.3 Å². The number of rotatable bonds is 3. The highest BCUT2D eigenvalue weighted by atomic mass is 35.5. The van der Waals surface area contributed by atoms with Gasteiger partial charge in [-0.1, -0.05) is 35.5 Å². The van der Waals surface area contributed by atoms with Crippen molar-refractivity contribution in [2.45, 2.75) is 5.16 Å². The zero-order valence-electron chi connectivity index (χ0n) is 12.7. The summed E-state index contributed by atoms with van der Waals surface area (Å²) in [6.45, 7) is 0. The first-order valence-electron chi connectivity index (χ1n) is 7.28. The molecule has 124 valence electrons. The van der Waals surface area contributed by atoms with Gasteiger partial charge in [-0.05, 0) is 29.8 Å². The first-order chi connectivity index (χ1) is 12.1. The molecule has 0 N–H and O–H groups in total. The first-order valence-corrected chi connectivity index (χ1v) is 8.65. The van der Waals surface area contributed by atoms with Gasteiger partial charge in [0.05, 0.1) is 10.6 Å². The molecule has 0 saturated carbocycles. The van der Waals surface area contributed by atoms with Crippen LogP contribution in [-0.4, -0.2) is 31.3 Å². The maximum atomic E-state index is 10.8. The molecule has 1 aromatic heterocycles. The fourth-order valence-electron chi connectivity index (χ4n) is 2.45. The van der Waals surface area contributed by atoms with E-state index in [1.165, 1.54) is 23.9 Å². The highest BCUT2D eigenvalue weighted by Gasteiger charge is 2.21. The third kappa shape index (κ3) is 3.01. The second-order valence-electron chi connectivity index (χ2n) is 5.27. The number of aromatic nitrogens is 3. The molecule has 0 bridgehead atoms. The number of non-ortho nitro benzene ring substituents is 1. The average molecular weight is 372 g/mol. The van der Waals surface area contributed by atoms with Gasteiger partial charge in [0.15, 0.2) is 5.82 Å². The molecule has 0 aliphatic carbocycles. The predicted molar refractivity (Wildman–Crippen MR) is 96.2 cm³/mol. The number of hydrogen-bond acceptors (Lipinski definition) is 6. The molecule has 2 heterocycles. The highest BCUT2D eigenvalue weighted by Crippen LogP contribution is 2.29. The number of halogens is 1. The molecule has 0 atom stereocenters. The Hall–Kier alpha value is -2.71. The van der Waals surface area contributed by atoms with Crippen LogP contribution in [0.1, 0.15) is 5.56 Å². The van der Waals surface area contributed by atoms with Crippen LogP contribution in [0.2, 0.25) is 5.02 Å². The number of benzene rings is 2. The summed E-state index contributed by atoms with van der Waals surface area (Å²) in [5.74, 6) is 1.22. The average Bonchev–Trinajstić information content (AvgIpc) is 3.05.